The lowest BCUT2D eigenvalue weighted by Gasteiger charge is -2.35. The van der Waals surface area contributed by atoms with Crippen molar-refractivity contribution in [3.05, 3.63) is 245 Å². The minimum absolute atomic E-state index is 0.161. The van der Waals surface area contributed by atoms with Crippen LogP contribution in [0.25, 0.3) is 44.2 Å². The molecule has 0 heterocycles. The number of hydrogen-bond acceptors (Lipinski definition) is 1. The van der Waals surface area contributed by atoms with Crippen molar-refractivity contribution in [2.75, 3.05) is 4.90 Å². The van der Waals surface area contributed by atoms with E-state index in [1.807, 2.05) is 18.2 Å². The maximum Gasteiger partial charge on any atom is 0.131 e. The van der Waals surface area contributed by atoms with Crippen molar-refractivity contribution in [1.29, 1.82) is 0 Å². The fourth-order valence-electron chi connectivity index (χ4n) is 10.1. The molecular formula is C56H40FN. The van der Waals surface area contributed by atoms with Gasteiger partial charge in [-0.2, -0.15) is 0 Å². The molecule has 0 bridgehead atoms. The van der Waals surface area contributed by atoms with Gasteiger partial charge in [0, 0.05) is 27.9 Å². The Labute approximate surface area is 339 Å². The predicted octanol–water partition coefficient (Wildman–Crippen LogP) is 14.8. The number of halogens is 1. The lowest BCUT2D eigenvalue weighted by molar-refractivity contribution is 0.633. The zero-order valence-electron chi connectivity index (χ0n) is 32.5. The molecule has 0 N–H and O–H groups in total. The Kier molecular flexibility index (Phi) is 7.68. The van der Waals surface area contributed by atoms with E-state index in [2.05, 4.69) is 201 Å². The molecule has 0 aromatic heterocycles. The SMILES string of the molecule is CC1(C)c2ccccc2-c2ccc(N(c3ccc(-c4ccccc4)cc3)c3ccc4c(c3)C(c3ccccc3)(c3ccccc3)c3cc(F)c5ccccc5c3-4)cc21. The fraction of sp³-hybridized carbons (Fsp3) is 0.0714. The van der Waals surface area contributed by atoms with Crippen molar-refractivity contribution in [2.45, 2.75) is 24.7 Å². The minimum Gasteiger partial charge on any atom is -0.310 e. The molecule has 58 heavy (non-hydrogen) atoms. The van der Waals surface area contributed by atoms with E-state index >= 15 is 4.39 Å². The van der Waals surface area contributed by atoms with E-state index in [1.165, 1.54) is 33.4 Å². The summed E-state index contributed by atoms with van der Waals surface area (Å²) < 4.78 is 16.5. The highest BCUT2D eigenvalue weighted by atomic mass is 19.1. The smallest absolute Gasteiger partial charge is 0.131 e. The van der Waals surface area contributed by atoms with Crippen LogP contribution < -0.4 is 4.90 Å². The Morgan fingerprint density at radius 3 is 1.55 bits per heavy atom. The highest BCUT2D eigenvalue weighted by Gasteiger charge is 2.47. The molecule has 0 atom stereocenters. The maximum absolute atomic E-state index is 16.5. The first-order valence-corrected chi connectivity index (χ1v) is 20.1. The summed E-state index contributed by atoms with van der Waals surface area (Å²) in [4.78, 5) is 2.40. The van der Waals surface area contributed by atoms with Crippen LogP contribution in [0, 0.1) is 5.82 Å². The highest BCUT2D eigenvalue weighted by molar-refractivity contribution is 6.05. The van der Waals surface area contributed by atoms with Gasteiger partial charge in [-0.25, -0.2) is 4.39 Å². The topological polar surface area (TPSA) is 3.24 Å². The van der Waals surface area contributed by atoms with Gasteiger partial charge >= 0.3 is 0 Å². The molecule has 1 nitrogen and oxygen atoms in total. The minimum atomic E-state index is -0.779. The third-order valence-electron chi connectivity index (χ3n) is 12.8. The van der Waals surface area contributed by atoms with Gasteiger partial charge in [-0.15, -0.1) is 0 Å². The molecule has 0 aliphatic heterocycles. The van der Waals surface area contributed by atoms with E-state index in [4.69, 9.17) is 0 Å². The Hall–Kier alpha value is -7.03. The standard InChI is InChI=1S/C56H40FN/c1-55(2)49-25-15-14-22-44(49)45-32-30-42(34-50(45)55)58(41-28-26-38(27-29-41)37-16-6-3-7-17-37)43-31-33-48-51(35-43)56(39-18-8-4-9-19-39,40-20-10-5-11-21-40)52-36-53(57)46-23-12-13-24-47(46)54(48)52/h3-36H,1-2H3. The summed E-state index contributed by atoms with van der Waals surface area (Å²) in [5, 5.41) is 1.56. The fourth-order valence-corrected chi connectivity index (χ4v) is 10.1. The maximum atomic E-state index is 16.5. The summed E-state index contributed by atoms with van der Waals surface area (Å²) in [6.45, 7) is 4.68. The summed E-state index contributed by atoms with van der Waals surface area (Å²) >= 11 is 0. The van der Waals surface area contributed by atoms with Crippen molar-refractivity contribution < 1.29 is 4.39 Å². The van der Waals surface area contributed by atoms with Crippen LogP contribution in [0.15, 0.2) is 206 Å². The van der Waals surface area contributed by atoms with Crippen molar-refractivity contribution in [3.8, 4) is 33.4 Å². The van der Waals surface area contributed by atoms with E-state index in [1.54, 1.807) is 6.07 Å². The quantitative estimate of drug-likeness (QED) is 0.164. The third kappa shape index (κ3) is 4.94. The van der Waals surface area contributed by atoms with Gasteiger partial charge in [0.05, 0.1) is 5.41 Å². The summed E-state index contributed by atoms with van der Waals surface area (Å²) in [5.74, 6) is -0.208. The van der Waals surface area contributed by atoms with E-state index in [-0.39, 0.29) is 11.2 Å². The zero-order valence-corrected chi connectivity index (χ0v) is 32.5. The van der Waals surface area contributed by atoms with Crippen LogP contribution in [0.3, 0.4) is 0 Å². The Morgan fingerprint density at radius 1 is 0.379 bits per heavy atom. The predicted molar refractivity (Wildman–Crippen MR) is 239 cm³/mol. The molecular weight excluding hydrogens is 706 g/mol. The molecule has 9 aromatic rings. The summed E-state index contributed by atoms with van der Waals surface area (Å²) in [7, 11) is 0. The number of fused-ring (bicyclic) bond motifs is 8. The summed E-state index contributed by atoms with van der Waals surface area (Å²) in [6, 6.07) is 73.2. The van der Waals surface area contributed by atoms with E-state index < -0.39 is 5.41 Å². The van der Waals surface area contributed by atoms with E-state index in [9.17, 15) is 0 Å². The van der Waals surface area contributed by atoms with Crippen LogP contribution >= 0.6 is 0 Å². The Balaban J connectivity index is 1.19. The number of anilines is 3. The highest BCUT2D eigenvalue weighted by Crippen LogP contribution is 2.59. The van der Waals surface area contributed by atoms with Gasteiger partial charge in [0.25, 0.3) is 0 Å². The molecule has 0 radical (unpaired) electrons. The molecule has 0 saturated heterocycles. The van der Waals surface area contributed by atoms with Crippen LogP contribution in [0.1, 0.15) is 47.2 Å². The first kappa shape index (κ1) is 34.2. The second kappa shape index (κ2) is 13.0. The molecule has 9 aromatic carbocycles. The average molecular weight is 746 g/mol. The van der Waals surface area contributed by atoms with Gasteiger partial charge in [0.15, 0.2) is 0 Å². The van der Waals surface area contributed by atoms with Gasteiger partial charge < -0.3 is 4.90 Å². The number of nitrogens with zero attached hydrogens (tertiary/aromatic N) is 1. The van der Waals surface area contributed by atoms with E-state index in [0.717, 1.165) is 55.8 Å². The molecule has 2 aliphatic carbocycles. The first-order chi connectivity index (χ1) is 28.4. The lowest BCUT2D eigenvalue weighted by Crippen LogP contribution is -2.29. The van der Waals surface area contributed by atoms with Crippen molar-refractivity contribution in [1.82, 2.24) is 0 Å². The van der Waals surface area contributed by atoms with Crippen molar-refractivity contribution in [3.63, 3.8) is 0 Å². The largest absolute Gasteiger partial charge is 0.310 e. The monoisotopic (exact) mass is 745 g/mol. The molecule has 0 fully saturated rings. The van der Waals surface area contributed by atoms with E-state index in [0.29, 0.717) is 5.39 Å². The van der Waals surface area contributed by atoms with Crippen molar-refractivity contribution >= 4 is 27.8 Å². The molecule has 2 heteroatoms. The molecule has 0 unspecified atom stereocenters. The molecule has 2 aliphatic rings. The second-order valence-corrected chi connectivity index (χ2v) is 16.2. The first-order valence-electron chi connectivity index (χ1n) is 20.1. The summed E-state index contributed by atoms with van der Waals surface area (Å²) in [5.41, 5.74) is 16.3. The number of rotatable bonds is 6. The number of hydrogen-bond donors (Lipinski definition) is 0. The van der Waals surface area contributed by atoms with Crippen LogP contribution in [0.4, 0.5) is 21.5 Å². The normalized spacial score (nSPS) is 14.1. The lowest BCUT2D eigenvalue weighted by atomic mass is 9.67. The molecule has 0 amide bonds. The van der Waals surface area contributed by atoms with Crippen LogP contribution in [-0.2, 0) is 10.8 Å². The second-order valence-electron chi connectivity index (χ2n) is 16.2. The molecule has 11 rings (SSSR count). The molecule has 276 valence electrons. The van der Waals surface area contributed by atoms with Gasteiger partial charge in [0.1, 0.15) is 5.82 Å². The van der Waals surface area contributed by atoms with Gasteiger partial charge in [-0.1, -0.05) is 178 Å². The zero-order chi connectivity index (χ0) is 39.0. The van der Waals surface area contributed by atoms with Gasteiger partial charge in [0.2, 0.25) is 0 Å². The molecule has 0 saturated carbocycles. The Bertz CT molecular complexity index is 2980. The summed E-state index contributed by atoms with van der Waals surface area (Å²) in [6.07, 6.45) is 0. The van der Waals surface area contributed by atoms with Gasteiger partial charge in [-0.05, 0) is 115 Å². The average Bonchev–Trinajstić information content (AvgIpc) is 3.70. The van der Waals surface area contributed by atoms with Crippen molar-refractivity contribution in [2.24, 2.45) is 0 Å². The van der Waals surface area contributed by atoms with Crippen LogP contribution in [0.5, 0.6) is 0 Å². The Morgan fingerprint density at radius 2 is 0.879 bits per heavy atom. The third-order valence-corrected chi connectivity index (χ3v) is 12.8. The number of benzene rings is 9. The van der Waals surface area contributed by atoms with Gasteiger partial charge in [-0.3, -0.25) is 0 Å². The van der Waals surface area contributed by atoms with Crippen LogP contribution in [-0.4, -0.2) is 0 Å². The molecule has 0 spiro atoms. The van der Waals surface area contributed by atoms with Crippen LogP contribution in [0.2, 0.25) is 0 Å².